The predicted octanol–water partition coefficient (Wildman–Crippen LogP) is 3.28. The van der Waals surface area contributed by atoms with E-state index in [-0.39, 0.29) is 11.9 Å². The number of nitrogens with one attached hydrogen (secondary N) is 5. The lowest BCUT2D eigenvalue weighted by Gasteiger charge is -2.10. The van der Waals surface area contributed by atoms with Gasteiger partial charge in [-0.05, 0) is 72.8 Å². The molecule has 0 fully saturated rings. The molecule has 5 N–H and O–H groups in total. The molecule has 0 aromatic heterocycles. The first-order chi connectivity index (χ1) is 17.1. The van der Waals surface area contributed by atoms with Crippen LogP contribution in [0.25, 0.3) is 0 Å². The van der Waals surface area contributed by atoms with Crippen molar-refractivity contribution in [2.75, 3.05) is 42.1 Å². The normalized spacial score (nSPS) is 14.3. The highest BCUT2D eigenvalue weighted by Gasteiger charge is 2.11. The molecule has 3 aromatic carbocycles. The van der Waals surface area contributed by atoms with Crippen LogP contribution in [0.3, 0.4) is 0 Å². The molecule has 0 bridgehead atoms. The Morgan fingerprint density at radius 2 is 1.03 bits per heavy atom. The number of anilines is 3. The van der Waals surface area contributed by atoms with Crippen molar-refractivity contribution in [2.45, 2.75) is 0 Å². The minimum Gasteiger partial charge on any atom is -0.368 e. The predicted molar refractivity (Wildman–Crippen MR) is 139 cm³/mol. The average Bonchev–Trinajstić information content (AvgIpc) is 3.60. The van der Waals surface area contributed by atoms with Gasteiger partial charge in [-0.3, -0.25) is 14.8 Å². The molecule has 0 saturated carbocycles. The van der Waals surface area contributed by atoms with E-state index in [0.717, 1.165) is 49.0 Å². The van der Waals surface area contributed by atoms with Crippen LogP contribution in [0, 0.1) is 0 Å². The van der Waals surface area contributed by atoms with E-state index in [1.54, 1.807) is 24.3 Å². The second-order valence-electron chi connectivity index (χ2n) is 8.08. The Balaban J connectivity index is 1.13. The molecule has 176 valence electrons. The van der Waals surface area contributed by atoms with E-state index in [9.17, 15) is 9.59 Å². The third-order valence-corrected chi connectivity index (χ3v) is 5.59. The van der Waals surface area contributed by atoms with Crippen molar-refractivity contribution >= 4 is 40.7 Å². The maximum Gasteiger partial charge on any atom is 0.323 e. The van der Waals surface area contributed by atoms with Gasteiger partial charge in [-0.15, -0.1) is 0 Å². The van der Waals surface area contributed by atoms with Gasteiger partial charge in [-0.2, -0.15) is 0 Å². The topological polar surface area (TPSA) is 119 Å². The van der Waals surface area contributed by atoms with Gasteiger partial charge in [0.1, 0.15) is 11.7 Å². The number of aliphatic imine (C=N–C) groups is 2. The van der Waals surface area contributed by atoms with Gasteiger partial charge in [0.25, 0.3) is 5.91 Å². The maximum absolute atomic E-state index is 12.6. The van der Waals surface area contributed by atoms with Gasteiger partial charge >= 0.3 is 6.03 Å². The Kier molecular flexibility index (Phi) is 6.38. The Morgan fingerprint density at radius 3 is 1.46 bits per heavy atom. The maximum atomic E-state index is 12.6. The van der Waals surface area contributed by atoms with Crippen LogP contribution in [0.15, 0.2) is 82.8 Å². The first-order valence-corrected chi connectivity index (χ1v) is 11.4. The number of amidine groups is 2. The third kappa shape index (κ3) is 5.47. The van der Waals surface area contributed by atoms with E-state index in [1.165, 1.54) is 0 Å². The molecule has 0 aliphatic carbocycles. The van der Waals surface area contributed by atoms with Crippen LogP contribution in [0.1, 0.15) is 21.5 Å². The summed E-state index contributed by atoms with van der Waals surface area (Å²) in [6.45, 7) is 3.25. The summed E-state index contributed by atoms with van der Waals surface area (Å²) in [6.07, 6.45) is 0. The summed E-state index contributed by atoms with van der Waals surface area (Å²) in [5.74, 6) is 1.52. The SMILES string of the molecule is O=C(Nc1ccc(C(=O)Nc2ccc(C3=NCCN3)cc2)cc1)Nc1ccc(C2=NCCN2)cc1. The summed E-state index contributed by atoms with van der Waals surface area (Å²) < 4.78 is 0. The lowest BCUT2D eigenvalue weighted by Crippen LogP contribution is -2.21. The van der Waals surface area contributed by atoms with Crippen molar-refractivity contribution in [3.05, 3.63) is 89.5 Å². The van der Waals surface area contributed by atoms with Crippen molar-refractivity contribution in [2.24, 2.45) is 9.98 Å². The van der Waals surface area contributed by atoms with E-state index < -0.39 is 0 Å². The second kappa shape index (κ2) is 10.1. The van der Waals surface area contributed by atoms with Gasteiger partial charge in [0.15, 0.2) is 0 Å². The Hall–Kier alpha value is -4.66. The second-order valence-corrected chi connectivity index (χ2v) is 8.08. The van der Waals surface area contributed by atoms with Crippen LogP contribution >= 0.6 is 0 Å². The molecule has 3 amide bonds. The van der Waals surface area contributed by atoms with E-state index in [0.29, 0.717) is 22.6 Å². The molecular formula is C26H25N7O2. The summed E-state index contributed by atoms with van der Waals surface area (Å²) in [5.41, 5.74) is 4.41. The first kappa shape index (κ1) is 22.1. The fourth-order valence-electron chi connectivity index (χ4n) is 3.81. The van der Waals surface area contributed by atoms with E-state index in [1.807, 2.05) is 48.5 Å². The van der Waals surface area contributed by atoms with Gasteiger partial charge in [0, 0.05) is 46.8 Å². The summed E-state index contributed by atoms with van der Waals surface area (Å²) in [7, 11) is 0. The zero-order valence-electron chi connectivity index (χ0n) is 19.0. The van der Waals surface area contributed by atoms with Crippen molar-refractivity contribution in [1.29, 1.82) is 0 Å². The molecule has 0 spiro atoms. The first-order valence-electron chi connectivity index (χ1n) is 11.4. The number of carbonyl (C=O) groups is 2. The molecule has 35 heavy (non-hydrogen) atoms. The molecule has 2 aliphatic heterocycles. The monoisotopic (exact) mass is 467 g/mol. The molecular weight excluding hydrogens is 442 g/mol. The summed E-state index contributed by atoms with van der Waals surface area (Å²) in [4.78, 5) is 33.7. The molecule has 9 nitrogen and oxygen atoms in total. The van der Waals surface area contributed by atoms with E-state index in [4.69, 9.17) is 0 Å². The van der Waals surface area contributed by atoms with Crippen LogP contribution in [0.4, 0.5) is 21.9 Å². The zero-order valence-corrected chi connectivity index (χ0v) is 19.0. The number of rotatable bonds is 6. The summed E-state index contributed by atoms with van der Waals surface area (Å²) >= 11 is 0. The highest BCUT2D eigenvalue weighted by Crippen LogP contribution is 2.16. The van der Waals surface area contributed by atoms with Crippen molar-refractivity contribution in [1.82, 2.24) is 10.6 Å². The smallest absolute Gasteiger partial charge is 0.323 e. The van der Waals surface area contributed by atoms with E-state index >= 15 is 0 Å². The fraction of sp³-hybridized carbons (Fsp3) is 0.154. The van der Waals surface area contributed by atoms with Gasteiger partial charge in [-0.25, -0.2) is 4.79 Å². The fourth-order valence-corrected chi connectivity index (χ4v) is 3.81. The minimum absolute atomic E-state index is 0.230. The molecule has 5 rings (SSSR count). The van der Waals surface area contributed by atoms with Crippen molar-refractivity contribution in [3.63, 3.8) is 0 Å². The molecule has 2 aliphatic rings. The number of hydrogen-bond donors (Lipinski definition) is 5. The number of carbonyl (C=O) groups excluding carboxylic acids is 2. The van der Waals surface area contributed by atoms with Crippen molar-refractivity contribution < 1.29 is 9.59 Å². The Labute approximate surface area is 202 Å². The minimum atomic E-state index is -0.368. The largest absolute Gasteiger partial charge is 0.368 e. The number of amides is 3. The molecule has 3 aromatic rings. The lowest BCUT2D eigenvalue weighted by molar-refractivity contribution is 0.102. The van der Waals surface area contributed by atoms with E-state index in [2.05, 4.69) is 36.6 Å². The number of hydrogen-bond acceptors (Lipinski definition) is 6. The van der Waals surface area contributed by atoms with Crippen LogP contribution in [-0.2, 0) is 0 Å². The molecule has 2 heterocycles. The Morgan fingerprint density at radius 1 is 0.600 bits per heavy atom. The number of nitrogens with zero attached hydrogens (tertiary/aromatic N) is 2. The highest BCUT2D eigenvalue weighted by atomic mass is 16.2. The van der Waals surface area contributed by atoms with Gasteiger partial charge in [0.05, 0.1) is 13.1 Å². The molecule has 9 heteroatoms. The molecule has 0 atom stereocenters. The van der Waals surface area contributed by atoms with Crippen LogP contribution < -0.4 is 26.6 Å². The molecule has 0 saturated heterocycles. The van der Waals surface area contributed by atoms with Crippen LogP contribution in [0.2, 0.25) is 0 Å². The number of urea groups is 1. The summed E-state index contributed by atoms with van der Waals surface area (Å²) in [5, 5.41) is 14.9. The van der Waals surface area contributed by atoms with Crippen LogP contribution in [-0.4, -0.2) is 49.8 Å². The third-order valence-electron chi connectivity index (χ3n) is 5.59. The number of benzene rings is 3. The average molecular weight is 468 g/mol. The van der Waals surface area contributed by atoms with Crippen LogP contribution in [0.5, 0.6) is 0 Å². The van der Waals surface area contributed by atoms with Gasteiger partial charge < -0.3 is 26.6 Å². The lowest BCUT2D eigenvalue weighted by atomic mass is 10.1. The standard InChI is InChI=1S/C26H25N7O2/c34-25(31-20-7-1-17(2-8-20)23-27-13-14-28-23)19-5-11-22(12-6-19)33-26(35)32-21-9-3-18(4-10-21)24-29-15-16-30-24/h1-12H,13-16H2,(H,27,28)(H,29,30)(H,31,34)(H2,32,33,35). The van der Waals surface area contributed by atoms with Gasteiger partial charge in [-0.1, -0.05) is 0 Å². The zero-order chi connectivity index (χ0) is 24.0. The van der Waals surface area contributed by atoms with Crippen molar-refractivity contribution in [3.8, 4) is 0 Å². The van der Waals surface area contributed by atoms with Gasteiger partial charge in [0.2, 0.25) is 0 Å². The quantitative estimate of drug-likeness (QED) is 0.382. The molecule has 0 radical (unpaired) electrons. The Bertz CT molecular complexity index is 1280. The molecule has 0 unspecified atom stereocenters. The highest BCUT2D eigenvalue weighted by molar-refractivity contribution is 6.06. The summed E-state index contributed by atoms with van der Waals surface area (Å²) in [6, 6.07) is 21.4.